The smallest absolute Gasteiger partial charge is 0.0953 e. The molecule has 15 heavy (non-hydrogen) atoms. The predicted octanol–water partition coefficient (Wildman–Crippen LogP) is 1.46. The first-order valence-corrected chi connectivity index (χ1v) is 4.95. The Morgan fingerprint density at radius 1 is 1.40 bits per heavy atom. The van der Waals surface area contributed by atoms with Crippen LogP contribution < -0.4 is 5.73 Å². The molecular formula is C11H14N4. The van der Waals surface area contributed by atoms with Crippen molar-refractivity contribution in [1.29, 1.82) is 0 Å². The summed E-state index contributed by atoms with van der Waals surface area (Å²) in [6.07, 6.45) is 7.23. The number of imidazole rings is 1. The Bertz CT molecular complexity index is 421. The van der Waals surface area contributed by atoms with Crippen molar-refractivity contribution >= 4 is 0 Å². The van der Waals surface area contributed by atoms with Crippen LogP contribution in [0.3, 0.4) is 0 Å². The van der Waals surface area contributed by atoms with Crippen LogP contribution in [0, 0.1) is 0 Å². The van der Waals surface area contributed by atoms with Gasteiger partial charge in [-0.15, -0.1) is 0 Å². The van der Waals surface area contributed by atoms with Crippen LogP contribution in [0.2, 0.25) is 0 Å². The fourth-order valence-electron chi connectivity index (χ4n) is 1.51. The standard InChI is InChI=1S/C11H14N4/c1-9(5-12)15-8-14-7-11(15)10-3-2-4-13-6-10/h2-4,6-9H,5,12H2,1H3. The van der Waals surface area contributed by atoms with E-state index in [9.17, 15) is 0 Å². The van der Waals surface area contributed by atoms with Crippen LogP contribution in [0.5, 0.6) is 0 Å². The van der Waals surface area contributed by atoms with Crippen LogP contribution in [-0.4, -0.2) is 21.1 Å². The van der Waals surface area contributed by atoms with E-state index in [1.807, 2.05) is 24.5 Å². The minimum Gasteiger partial charge on any atom is -0.328 e. The summed E-state index contributed by atoms with van der Waals surface area (Å²) in [7, 11) is 0. The van der Waals surface area contributed by atoms with E-state index in [0.29, 0.717) is 6.54 Å². The zero-order chi connectivity index (χ0) is 10.7. The Kier molecular flexibility index (Phi) is 2.78. The maximum Gasteiger partial charge on any atom is 0.0953 e. The highest BCUT2D eigenvalue weighted by atomic mass is 15.1. The molecule has 0 bridgehead atoms. The third kappa shape index (κ3) is 1.89. The molecule has 1 unspecified atom stereocenters. The summed E-state index contributed by atoms with van der Waals surface area (Å²) in [4.78, 5) is 8.24. The van der Waals surface area contributed by atoms with Gasteiger partial charge in [-0.2, -0.15) is 0 Å². The highest BCUT2D eigenvalue weighted by molar-refractivity contribution is 5.57. The molecule has 4 heteroatoms. The van der Waals surface area contributed by atoms with E-state index in [1.54, 1.807) is 12.5 Å². The molecule has 0 aliphatic heterocycles. The summed E-state index contributed by atoms with van der Waals surface area (Å²) in [6.45, 7) is 2.67. The van der Waals surface area contributed by atoms with Crippen molar-refractivity contribution in [2.75, 3.05) is 6.54 Å². The Hall–Kier alpha value is -1.68. The second kappa shape index (κ2) is 4.23. The molecule has 0 radical (unpaired) electrons. The molecule has 2 aromatic heterocycles. The van der Waals surface area contributed by atoms with Gasteiger partial charge < -0.3 is 10.3 Å². The zero-order valence-corrected chi connectivity index (χ0v) is 8.67. The van der Waals surface area contributed by atoms with Crippen molar-refractivity contribution < 1.29 is 0 Å². The first-order valence-electron chi connectivity index (χ1n) is 4.95. The van der Waals surface area contributed by atoms with Crippen molar-refractivity contribution in [1.82, 2.24) is 14.5 Å². The van der Waals surface area contributed by atoms with E-state index in [1.165, 1.54) is 0 Å². The SMILES string of the molecule is CC(CN)n1cncc1-c1cccnc1. The molecule has 2 aromatic rings. The summed E-state index contributed by atoms with van der Waals surface area (Å²) < 4.78 is 2.07. The highest BCUT2D eigenvalue weighted by Gasteiger charge is 2.09. The molecule has 0 aliphatic rings. The Labute approximate surface area is 88.8 Å². The third-order valence-corrected chi connectivity index (χ3v) is 2.44. The Balaban J connectivity index is 2.41. The largest absolute Gasteiger partial charge is 0.328 e. The molecule has 2 N–H and O–H groups in total. The monoisotopic (exact) mass is 202 g/mol. The highest BCUT2D eigenvalue weighted by Crippen LogP contribution is 2.20. The van der Waals surface area contributed by atoms with Crippen molar-refractivity contribution in [2.24, 2.45) is 5.73 Å². The molecule has 0 saturated heterocycles. The normalized spacial score (nSPS) is 12.7. The average Bonchev–Trinajstić information content (AvgIpc) is 2.78. The van der Waals surface area contributed by atoms with Gasteiger partial charge in [-0.3, -0.25) is 4.98 Å². The average molecular weight is 202 g/mol. The first-order chi connectivity index (χ1) is 7.33. The lowest BCUT2D eigenvalue weighted by Gasteiger charge is -2.14. The second-order valence-electron chi connectivity index (χ2n) is 3.51. The lowest BCUT2D eigenvalue weighted by molar-refractivity contribution is 0.562. The first kappa shape index (κ1) is 9.86. The van der Waals surface area contributed by atoms with E-state index in [-0.39, 0.29) is 6.04 Å². The van der Waals surface area contributed by atoms with Crippen LogP contribution in [0.15, 0.2) is 37.1 Å². The van der Waals surface area contributed by atoms with Gasteiger partial charge in [0, 0.05) is 30.5 Å². The van der Waals surface area contributed by atoms with Gasteiger partial charge in [-0.05, 0) is 19.1 Å². The molecule has 78 valence electrons. The summed E-state index contributed by atoms with van der Waals surface area (Å²) in [5, 5.41) is 0. The maximum atomic E-state index is 5.65. The van der Waals surface area contributed by atoms with Gasteiger partial charge in [0.1, 0.15) is 0 Å². The van der Waals surface area contributed by atoms with E-state index < -0.39 is 0 Å². The number of aromatic nitrogens is 3. The molecule has 4 nitrogen and oxygen atoms in total. The molecule has 2 rings (SSSR count). The maximum absolute atomic E-state index is 5.65. The van der Waals surface area contributed by atoms with Gasteiger partial charge in [0.25, 0.3) is 0 Å². The second-order valence-corrected chi connectivity index (χ2v) is 3.51. The summed E-state index contributed by atoms with van der Waals surface area (Å²) in [5.41, 5.74) is 7.77. The van der Waals surface area contributed by atoms with Crippen LogP contribution in [0.1, 0.15) is 13.0 Å². The third-order valence-electron chi connectivity index (χ3n) is 2.44. The Morgan fingerprint density at radius 3 is 2.93 bits per heavy atom. The van der Waals surface area contributed by atoms with Gasteiger partial charge in [0.15, 0.2) is 0 Å². The number of nitrogens with two attached hydrogens (primary N) is 1. The number of hydrogen-bond acceptors (Lipinski definition) is 3. The topological polar surface area (TPSA) is 56.7 Å². The fraction of sp³-hybridized carbons (Fsp3) is 0.273. The summed E-state index contributed by atoms with van der Waals surface area (Å²) >= 11 is 0. The van der Waals surface area contributed by atoms with E-state index in [2.05, 4.69) is 21.5 Å². The predicted molar refractivity (Wildman–Crippen MR) is 59.2 cm³/mol. The molecule has 0 spiro atoms. The molecule has 0 fully saturated rings. The molecule has 0 saturated carbocycles. The molecule has 0 aromatic carbocycles. The van der Waals surface area contributed by atoms with Crippen LogP contribution >= 0.6 is 0 Å². The van der Waals surface area contributed by atoms with E-state index in [4.69, 9.17) is 5.73 Å². The number of rotatable bonds is 3. The minimum absolute atomic E-state index is 0.253. The van der Waals surface area contributed by atoms with Gasteiger partial charge in [0.2, 0.25) is 0 Å². The van der Waals surface area contributed by atoms with Crippen molar-refractivity contribution in [2.45, 2.75) is 13.0 Å². The van der Waals surface area contributed by atoms with Crippen molar-refractivity contribution in [3.05, 3.63) is 37.1 Å². The zero-order valence-electron chi connectivity index (χ0n) is 8.67. The minimum atomic E-state index is 0.253. The quantitative estimate of drug-likeness (QED) is 0.819. The molecule has 2 heterocycles. The molecule has 0 aliphatic carbocycles. The van der Waals surface area contributed by atoms with E-state index in [0.717, 1.165) is 11.3 Å². The number of hydrogen-bond donors (Lipinski definition) is 1. The summed E-state index contributed by atoms with van der Waals surface area (Å²) in [6, 6.07) is 4.19. The Morgan fingerprint density at radius 2 is 2.27 bits per heavy atom. The van der Waals surface area contributed by atoms with Crippen LogP contribution in [0.4, 0.5) is 0 Å². The fourth-order valence-corrected chi connectivity index (χ4v) is 1.51. The van der Waals surface area contributed by atoms with Crippen LogP contribution in [-0.2, 0) is 0 Å². The molecule has 0 amide bonds. The van der Waals surface area contributed by atoms with Crippen molar-refractivity contribution in [3.63, 3.8) is 0 Å². The van der Waals surface area contributed by atoms with Gasteiger partial charge in [-0.1, -0.05) is 0 Å². The lowest BCUT2D eigenvalue weighted by Crippen LogP contribution is -2.16. The lowest BCUT2D eigenvalue weighted by atomic mass is 10.2. The van der Waals surface area contributed by atoms with Gasteiger partial charge in [-0.25, -0.2) is 4.98 Å². The van der Waals surface area contributed by atoms with Crippen molar-refractivity contribution in [3.8, 4) is 11.3 Å². The van der Waals surface area contributed by atoms with E-state index >= 15 is 0 Å². The molecule has 1 atom stereocenters. The van der Waals surface area contributed by atoms with Gasteiger partial charge >= 0.3 is 0 Å². The summed E-state index contributed by atoms with van der Waals surface area (Å²) in [5.74, 6) is 0. The molecular weight excluding hydrogens is 188 g/mol. The number of nitrogens with zero attached hydrogens (tertiary/aromatic N) is 3. The van der Waals surface area contributed by atoms with Gasteiger partial charge in [0.05, 0.1) is 18.2 Å². The van der Waals surface area contributed by atoms with Crippen LogP contribution in [0.25, 0.3) is 11.3 Å². The number of pyridine rings is 1.